The second-order valence-electron chi connectivity index (χ2n) is 8.14. The van der Waals surface area contributed by atoms with Gasteiger partial charge in [0, 0.05) is 24.4 Å². The highest BCUT2D eigenvalue weighted by atomic mass is 32.2. The molecule has 0 spiro atoms. The van der Waals surface area contributed by atoms with Gasteiger partial charge in [-0.2, -0.15) is 13.5 Å². The zero-order valence-electron chi connectivity index (χ0n) is 17.4. The second-order valence-corrected chi connectivity index (χ2v) is 9.36. The van der Waals surface area contributed by atoms with Crippen LogP contribution in [0, 0.1) is 5.92 Å². The minimum Gasteiger partial charge on any atom is -0.393 e. The average Bonchev–Trinajstić information content (AvgIpc) is 3.39. The topological polar surface area (TPSA) is 162 Å². The van der Waals surface area contributed by atoms with Crippen LogP contribution in [0.4, 0.5) is 5.82 Å². The minimum absolute atomic E-state index is 0.145. The van der Waals surface area contributed by atoms with Crippen molar-refractivity contribution < 1.29 is 22.5 Å². The van der Waals surface area contributed by atoms with E-state index < -0.39 is 22.3 Å². The number of aromatic nitrogens is 4. The summed E-state index contributed by atoms with van der Waals surface area (Å²) in [5.74, 6) is -0.382. The molecule has 2 aromatic heterocycles. The molecule has 11 nitrogen and oxygen atoms in total. The molecular weight excluding hydrogens is 436 g/mol. The molecule has 2 aliphatic carbocycles. The summed E-state index contributed by atoms with van der Waals surface area (Å²) in [5, 5.41) is 22.7. The Hall–Kier alpha value is -2.67. The largest absolute Gasteiger partial charge is 0.393 e. The first-order chi connectivity index (χ1) is 15.3. The minimum atomic E-state index is -4.08. The van der Waals surface area contributed by atoms with Gasteiger partial charge in [0.05, 0.1) is 24.3 Å². The number of aliphatic hydroxyl groups is 1. The van der Waals surface area contributed by atoms with Crippen LogP contribution < -0.4 is 10.5 Å². The predicted octanol–water partition coefficient (Wildman–Crippen LogP) is 0.957. The highest BCUT2D eigenvalue weighted by Crippen LogP contribution is 2.30. The molecule has 1 saturated carbocycles. The molecule has 4 N–H and O–H groups in total. The van der Waals surface area contributed by atoms with Gasteiger partial charge >= 0.3 is 10.3 Å². The molecule has 2 aliphatic rings. The number of allylic oxidation sites excluding steroid dienone is 2. The second kappa shape index (κ2) is 9.45. The van der Waals surface area contributed by atoms with E-state index in [4.69, 9.17) is 5.14 Å². The Bertz CT molecular complexity index is 1100. The van der Waals surface area contributed by atoms with Gasteiger partial charge in [0.2, 0.25) is 5.78 Å². The van der Waals surface area contributed by atoms with Crippen molar-refractivity contribution in [1.82, 2.24) is 19.7 Å². The Morgan fingerprint density at radius 2 is 2.22 bits per heavy atom. The van der Waals surface area contributed by atoms with Crippen LogP contribution in [0.15, 0.2) is 36.9 Å². The number of hydrogen-bond acceptors (Lipinski definition) is 9. The van der Waals surface area contributed by atoms with Crippen molar-refractivity contribution in [2.75, 3.05) is 11.9 Å². The zero-order valence-corrected chi connectivity index (χ0v) is 18.2. The lowest BCUT2D eigenvalue weighted by molar-refractivity contribution is 0.101. The lowest BCUT2D eigenvalue weighted by Crippen LogP contribution is -2.24. The molecule has 2 aromatic rings. The van der Waals surface area contributed by atoms with Crippen LogP contribution in [-0.4, -0.2) is 57.8 Å². The van der Waals surface area contributed by atoms with Crippen LogP contribution in [0.2, 0.25) is 0 Å². The van der Waals surface area contributed by atoms with Crippen LogP contribution in [0.3, 0.4) is 0 Å². The van der Waals surface area contributed by atoms with Gasteiger partial charge in [-0.15, -0.1) is 0 Å². The maximum absolute atomic E-state index is 13.1. The maximum atomic E-state index is 13.1. The van der Waals surface area contributed by atoms with E-state index in [1.807, 2.05) is 0 Å². The van der Waals surface area contributed by atoms with Crippen LogP contribution >= 0.6 is 0 Å². The molecule has 4 unspecified atom stereocenters. The van der Waals surface area contributed by atoms with Gasteiger partial charge in [-0.05, 0) is 38.2 Å². The molecule has 32 heavy (non-hydrogen) atoms. The van der Waals surface area contributed by atoms with Gasteiger partial charge in [0.15, 0.2) is 0 Å². The average molecular weight is 463 g/mol. The molecule has 4 rings (SSSR count). The van der Waals surface area contributed by atoms with Crippen LogP contribution in [0.25, 0.3) is 0 Å². The van der Waals surface area contributed by atoms with E-state index in [2.05, 4.69) is 36.7 Å². The molecule has 0 saturated heterocycles. The molecule has 0 bridgehead atoms. The predicted molar refractivity (Wildman–Crippen MR) is 115 cm³/mol. The lowest BCUT2D eigenvalue weighted by Gasteiger charge is -2.16. The Morgan fingerprint density at radius 3 is 2.97 bits per heavy atom. The van der Waals surface area contributed by atoms with Gasteiger partial charge < -0.3 is 10.4 Å². The number of aliphatic hydroxyl groups excluding tert-OH is 1. The van der Waals surface area contributed by atoms with Crippen molar-refractivity contribution in [3.8, 4) is 0 Å². The summed E-state index contributed by atoms with van der Waals surface area (Å²) >= 11 is 0. The lowest BCUT2D eigenvalue weighted by atomic mass is 10.0. The fourth-order valence-electron chi connectivity index (χ4n) is 4.18. The van der Waals surface area contributed by atoms with Crippen LogP contribution in [0.1, 0.15) is 54.2 Å². The van der Waals surface area contributed by atoms with Gasteiger partial charge in [-0.25, -0.2) is 15.1 Å². The molecule has 1 fully saturated rings. The standard InChI is InChI=1S/C20H26N6O5S/c21-32(29,30)31-11-13-8-14(9-18(13)27)24-20-16(10-22-12-23-20)19(28)17-6-7-26(25-17)15-4-2-1-3-5-15/h2,4,6-7,10,12-15,18,27H,1,3,5,8-9,11H2,(H2,21,29,30)(H,22,23,24). The summed E-state index contributed by atoms with van der Waals surface area (Å²) < 4.78 is 28.4. The Kier molecular flexibility index (Phi) is 6.65. The third-order valence-electron chi connectivity index (χ3n) is 5.81. The van der Waals surface area contributed by atoms with Gasteiger partial charge in [-0.3, -0.25) is 13.7 Å². The number of carbonyl (C=O) groups is 1. The number of nitrogens with two attached hydrogens (primary N) is 1. The molecule has 0 amide bonds. The van der Waals surface area contributed by atoms with Gasteiger partial charge in [0.25, 0.3) is 0 Å². The zero-order chi connectivity index (χ0) is 22.7. The number of rotatable bonds is 8. The van der Waals surface area contributed by atoms with E-state index in [1.165, 1.54) is 12.5 Å². The number of nitrogens with zero attached hydrogens (tertiary/aromatic N) is 4. The van der Waals surface area contributed by atoms with Crippen molar-refractivity contribution in [2.45, 2.75) is 50.3 Å². The number of anilines is 1. The Balaban J connectivity index is 1.45. The molecule has 0 radical (unpaired) electrons. The number of ketones is 1. The molecule has 172 valence electrons. The van der Waals surface area contributed by atoms with Crippen LogP contribution in [0.5, 0.6) is 0 Å². The highest BCUT2D eigenvalue weighted by Gasteiger charge is 2.35. The third kappa shape index (κ3) is 5.38. The Labute approximate surface area is 186 Å². The third-order valence-corrected chi connectivity index (χ3v) is 6.28. The van der Waals surface area contributed by atoms with Crippen molar-refractivity contribution in [1.29, 1.82) is 0 Å². The number of nitrogens with one attached hydrogen (secondary N) is 1. The summed E-state index contributed by atoms with van der Waals surface area (Å²) in [4.78, 5) is 21.3. The van der Waals surface area contributed by atoms with E-state index in [1.54, 1.807) is 16.9 Å². The van der Waals surface area contributed by atoms with E-state index in [-0.39, 0.29) is 30.0 Å². The van der Waals surface area contributed by atoms with Gasteiger partial charge in [-0.1, -0.05) is 12.2 Å². The van der Waals surface area contributed by atoms with E-state index in [0.29, 0.717) is 24.4 Å². The first-order valence-electron chi connectivity index (χ1n) is 10.5. The van der Waals surface area contributed by atoms with Gasteiger partial charge in [0.1, 0.15) is 17.8 Å². The summed E-state index contributed by atoms with van der Waals surface area (Å²) in [5.41, 5.74) is 0.573. The first kappa shape index (κ1) is 22.5. The smallest absolute Gasteiger partial charge is 0.333 e. The normalized spacial score (nSPS) is 25.7. The Morgan fingerprint density at radius 1 is 1.38 bits per heavy atom. The highest BCUT2D eigenvalue weighted by molar-refractivity contribution is 7.84. The summed E-state index contributed by atoms with van der Waals surface area (Å²) in [6.45, 7) is -0.208. The van der Waals surface area contributed by atoms with Crippen molar-refractivity contribution in [3.05, 3.63) is 48.2 Å². The quantitative estimate of drug-likeness (QED) is 0.383. The summed E-state index contributed by atoms with van der Waals surface area (Å²) in [6, 6.07) is 1.60. The van der Waals surface area contributed by atoms with E-state index in [9.17, 15) is 18.3 Å². The molecule has 12 heteroatoms. The maximum Gasteiger partial charge on any atom is 0.333 e. The fraction of sp³-hybridized carbons (Fsp3) is 0.500. The van der Waals surface area contributed by atoms with Crippen molar-refractivity contribution in [2.24, 2.45) is 11.1 Å². The monoisotopic (exact) mass is 462 g/mol. The number of hydrogen-bond donors (Lipinski definition) is 3. The SMILES string of the molecule is NS(=O)(=O)OCC1CC(Nc2ncncc2C(=O)c2ccn(C3C=CCCC3)n2)CC1O. The van der Waals surface area contributed by atoms with Crippen molar-refractivity contribution in [3.63, 3.8) is 0 Å². The number of carbonyl (C=O) groups excluding carboxylic acids is 1. The molecule has 2 heterocycles. The molecular formula is C20H26N6O5S. The van der Waals surface area contributed by atoms with Crippen LogP contribution in [-0.2, 0) is 14.5 Å². The first-order valence-corrected chi connectivity index (χ1v) is 12.0. The summed E-state index contributed by atoms with van der Waals surface area (Å²) in [6.07, 6.45) is 11.9. The van der Waals surface area contributed by atoms with E-state index >= 15 is 0 Å². The fourth-order valence-corrected chi connectivity index (χ4v) is 4.55. The van der Waals surface area contributed by atoms with E-state index in [0.717, 1.165) is 19.3 Å². The molecule has 4 atom stereocenters. The summed E-state index contributed by atoms with van der Waals surface area (Å²) in [7, 11) is -4.08. The molecule has 0 aliphatic heterocycles. The van der Waals surface area contributed by atoms with Crippen molar-refractivity contribution >= 4 is 21.9 Å². The molecule has 0 aromatic carbocycles.